The highest BCUT2D eigenvalue weighted by atomic mass is 32.1. The number of carbonyl (C=O) groups is 4. The van der Waals surface area contributed by atoms with Gasteiger partial charge in [-0.2, -0.15) is 0 Å². The van der Waals surface area contributed by atoms with Crippen molar-refractivity contribution in [2.45, 2.75) is 56.7 Å². The lowest BCUT2D eigenvalue weighted by Gasteiger charge is -2.34. The number of nitrogens with one attached hydrogen (secondary N) is 2. The van der Waals surface area contributed by atoms with Crippen molar-refractivity contribution in [2.24, 2.45) is 11.7 Å². The number of ether oxygens (including phenoxy) is 1. The van der Waals surface area contributed by atoms with Gasteiger partial charge in [0.25, 0.3) is 5.91 Å². The standard InChI is InChI=1S/C23H28N4O5S/c24-11-14(10-19(25)29)17-6-7-18(33-17)22(30)26-20(13-4-2-1-3-5-13)23(31)27-9-8-16-21(27)15(28)12-32-16/h6-7,10-11,13,16,20-21,24H,1-5,8-9,12H2,(H2,25,29)(H,26,30)/b14-10+,24-11?/t16-,20?,21-/m1/s1. The first kappa shape index (κ1) is 23.3. The van der Waals surface area contributed by atoms with E-state index in [1.54, 1.807) is 17.0 Å². The van der Waals surface area contributed by atoms with Crippen LogP contribution in [0.15, 0.2) is 18.2 Å². The highest BCUT2D eigenvalue weighted by Crippen LogP contribution is 2.32. The zero-order valence-electron chi connectivity index (χ0n) is 18.2. The molecule has 9 nitrogen and oxygen atoms in total. The molecule has 2 aliphatic heterocycles. The Balaban J connectivity index is 1.54. The van der Waals surface area contributed by atoms with Gasteiger partial charge in [0.05, 0.1) is 11.0 Å². The molecule has 4 N–H and O–H groups in total. The Labute approximate surface area is 195 Å². The van der Waals surface area contributed by atoms with Gasteiger partial charge in [0.2, 0.25) is 11.8 Å². The van der Waals surface area contributed by atoms with Crippen LogP contribution in [-0.2, 0) is 19.1 Å². The van der Waals surface area contributed by atoms with Gasteiger partial charge in [-0.3, -0.25) is 19.2 Å². The molecule has 2 saturated heterocycles. The highest BCUT2D eigenvalue weighted by Gasteiger charge is 2.49. The number of allylic oxidation sites excluding steroid dienone is 1. The number of Topliss-reactive ketones (excluding diaryl/α,β-unsaturated/α-hetero) is 1. The van der Waals surface area contributed by atoms with E-state index in [-0.39, 0.29) is 36.2 Å². The van der Waals surface area contributed by atoms with Gasteiger partial charge in [-0.25, -0.2) is 0 Å². The highest BCUT2D eigenvalue weighted by molar-refractivity contribution is 7.15. The summed E-state index contributed by atoms with van der Waals surface area (Å²) in [4.78, 5) is 52.8. The summed E-state index contributed by atoms with van der Waals surface area (Å²) < 4.78 is 5.52. The molecule has 1 saturated carbocycles. The van der Waals surface area contributed by atoms with Gasteiger partial charge in [0, 0.05) is 29.3 Å². The van der Waals surface area contributed by atoms with Gasteiger partial charge >= 0.3 is 0 Å². The van der Waals surface area contributed by atoms with Crippen LogP contribution in [0.1, 0.15) is 53.1 Å². The molecule has 3 amide bonds. The smallest absolute Gasteiger partial charge is 0.262 e. The van der Waals surface area contributed by atoms with Crippen molar-refractivity contribution in [3.05, 3.63) is 28.0 Å². The Morgan fingerprint density at radius 2 is 1.91 bits per heavy atom. The van der Waals surface area contributed by atoms with Crippen molar-refractivity contribution in [1.29, 1.82) is 5.41 Å². The van der Waals surface area contributed by atoms with E-state index in [0.717, 1.165) is 55.7 Å². The molecule has 1 aromatic heterocycles. The van der Waals surface area contributed by atoms with Crippen molar-refractivity contribution in [3.8, 4) is 0 Å². The van der Waals surface area contributed by atoms with Gasteiger partial charge in [0.1, 0.15) is 18.7 Å². The van der Waals surface area contributed by atoms with E-state index in [1.165, 1.54) is 0 Å². The Morgan fingerprint density at radius 3 is 2.61 bits per heavy atom. The third kappa shape index (κ3) is 4.91. The first-order valence-corrected chi connectivity index (χ1v) is 12.1. The summed E-state index contributed by atoms with van der Waals surface area (Å²) in [6.07, 6.45) is 7.33. The van der Waals surface area contributed by atoms with E-state index in [2.05, 4.69) is 5.32 Å². The van der Waals surface area contributed by atoms with Crippen LogP contribution in [0.3, 0.4) is 0 Å². The van der Waals surface area contributed by atoms with Crippen LogP contribution in [0.5, 0.6) is 0 Å². The molecule has 3 atom stereocenters. The summed E-state index contributed by atoms with van der Waals surface area (Å²) in [6, 6.07) is 1.99. The number of nitrogens with zero attached hydrogens (tertiary/aromatic N) is 1. The van der Waals surface area contributed by atoms with Crippen molar-refractivity contribution < 1.29 is 23.9 Å². The first-order chi connectivity index (χ1) is 15.9. The molecular formula is C23H28N4O5S. The lowest BCUT2D eigenvalue weighted by molar-refractivity contribution is -0.139. The summed E-state index contributed by atoms with van der Waals surface area (Å²) in [6.45, 7) is 0.481. The maximum absolute atomic E-state index is 13.6. The fourth-order valence-electron chi connectivity index (χ4n) is 5.03. The molecule has 3 fully saturated rings. The number of nitrogens with two attached hydrogens (primary N) is 1. The molecule has 10 heteroatoms. The SMILES string of the molecule is N=C/C(=C\C(N)=O)c1ccc(C(=O)NC(C(=O)N2CC[C@H]3OCC(=O)[C@H]32)C2CCCCC2)s1. The molecule has 33 heavy (non-hydrogen) atoms. The van der Waals surface area contributed by atoms with Crippen molar-refractivity contribution in [1.82, 2.24) is 10.2 Å². The molecule has 1 aliphatic carbocycles. The molecule has 3 aliphatic rings. The Morgan fingerprint density at radius 1 is 1.18 bits per heavy atom. The maximum Gasteiger partial charge on any atom is 0.262 e. The molecule has 4 rings (SSSR count). The minimum atomic E-state index is -0.709. The minimum absolute atomic E-state index is 0.0120. The molecule has 0 aromatic carbocycles. The average Bonchev–Trinajstić information content (AvgIpc) is 3.54. The van der Waals surface area contributed by atoms with Crippen molar-refractivity contribution in [3.63, 3.8) is 0 Å². The molecule has 1 aromatic rings. The quantitative estimate of drug-likeness (QED) is 0.407. The predicted octanol–water partition coefficient (Wildman–Crippen LogP) is 1.51. The van der Waals surface area contributed by atoms with Gasteiger partial charge in [-0.05, 0) is 37.3 Å². The Kier molecular flexibility index (Phi) is 7.04. The van der Waals surface area contributed by atoms with Crippen LogP contribution in [0.2, 0.25) is 0 Å². The third-order valence-electron chi connectivity index (χ3n) is 6.64. The fraction of sp³-hybridized carbons (Fsp3) is 0.522. The summed E-state index contributed by atoms with van der Waals surface area (Å²) in [7, 11) is 0. The van der Waals surface area contributed by atoms with Gasteiger partial charge < -0.3 is 26.1 Å². The van der Waals surface area contributed by atoms with Crippen LogP contribution in [0.25, 0.3) is 5.57 Å². The number of carbonyl (C=O) groups excluding carboxylic acids is 4. The number of fused-ring (bicyclic) bond motifs is 1. The summed E-state index contributed by atoms with van der Waals surface area (Å²) in [5.74, 6) is -1.35. The van der Waals surface area contributed by atoms with Crippen LogP contribution in [0, 0.1) is 11.3 Å². The number of thiophene rings is 1. The lowest BCUT2D eigenvalue weighted by atomic mass is 9.83. The van der Waals surface area contributed by atoms with Gasteiger partial charge in [-0.15, -0.1) is 11.3 Å². The normalized spacial score (nSPS) is 24.4. The van der Waals surface area contributed by atoms with E-state index < -0.39 is 18.0 Å². The number of likely N-dealkylation sites (tertiary alicyclic amines) is 1. The first-order valence-electron chi connectivity index (χ1n) is 11.3. The maximum atomic E-state index is 13.6. The zero-order chi connectivity index (χ0) is 23.5. The average molecular weight is 473 g/mol. The number of primary amides is 1. The number of hydrogen-bond donors (Lipinski definition) is 3. The summed E-state index contributed by atoms with van der Waals surface area (Å²) in [5, 5.41) is 10.4. The van der Waals surface area contributed by atoms with E-state index in [9.17, 15) is 19.2 Å². The molecule has 0 radical (unpaired) electrons. The molecule has 0 bridgehead atoms. The van der Waals surface area contributed by atoms with E-state index in [4.69, 9.17) is 15.9 Å². The topological polar surface area (TPSA) is 143 Å². The van der Waals surface area contributed by atoms with Crippen LogP contribution < -0.4 is 11.1 Å². The van der Waals surface area contributed by atoms with Gasteiger partial charge in [0.15, 0.2) is 5.78 Å². The summed E-state index contributed by atoms with van der Waals surface area (Å²) in [5.41, 5.74) is 5.51. The second kappa shape index (κ2) is 9.96. The number of amides is 3. The van der Waals surface area contributed by atoms with E-state index >= 15 is 0 Å². The largest absolute Gasteiger partial charge is 0.368 e. The number of rotatable bonds is 7. The van der Waals surface area contributed by atoms with Crippen molar-refractivity contribution in [2.75, 3.05) is 13.2 Å². The van der Waals surface area contributed by atoms with Crippen LogP contribution in [-0.4, -0.2) is 66.0 Å². The van der Waals surface area contributed by atoms with Crippen LogP contribution in [0.4, 0.5) is 0 Å². The molecule has 3 heterocycles. The third-order valence-corrected chi connectivity index (χ3v) is 7.77. The van der Waals surface area contributed by atoms with Gasteiger partial charge in [-0.1, -0.05) is 19.3 Å². The van der Waals surface area contributed by atoms with Crippen molar-refractivity contribution >= 4 is 46.6 Å². The predicted molar refractivity (Wildman–Crippen MR) is 123 cm³/mol. The molecule has 1 unspecified atom stereocenters. The van der Waals surface area contributed by atoms with Crippen LogP contribution >= 0.6 is 11.3 Å². The Hall–Kier alpha value is -2.85. The second-order valence-corrected chi connectivity index (χ2v) is 9.82. The molecular weight excluding hydrogens is 444 g/mol. The number of hydrogen-bond acceptors (Lipinski definition) is 7. The monoisotopic (exact) mass is 472 g/mol. The lowest BCUT2D eigenvalue weighted by Crippen LogP contribution is -2.55. The molecule has 0 spiro atoms. The zero-order valence-corrected chi connectivity index (χ0v) is 19.1. The minimum Gasteiger partial charge on any atom is -0.368 e. The second-order valence-electron chi connectivity index (χ2n) is 8.74. The fourth-order valence-corrected chi connectivity index (χ4v) is 5.93. The van der Waals surface area contributed by atoms with E-state index in [0.29, 0.717) is 28.3 Å². The van der Waals surface area contributed by atoms with E-state index in [1.807, 2.05) is 0 Å². The summed E-state index contributed by atoms with van der Waals surface area (Å²) >= 11 is 1.13. The molecule has 176 valence electrons. The number of ketones is 1. The Bertz CT molecular complexity index is 997.